The van der Waals surface area contributed by atoms with Crippen molar-refractivity contribution in [2.75, 3.05) is 0 Å². The van der Waals surface area contributed by atoms with Crippen LogP contribution in [-0.2, 0) is 0 Å². The number of amides is 1. The molecular weight excluding hydrogens is 336 g/mol. The van der Waals surface area contributed by atoms with Gasteiger partial charge < -0.3 is 11.5 Å². The maximum absolute atomic E-state index is 12.2. The van der Waals surface area contributed by atoms with Crippen LogP contribution in [-0.4, -0.2) is 15.9 Å². The van der Waals surface area contributed by atoms with Crippen LogP contribution in [0.3, 0.4) is 0 Å². The van der Waals surface area contributed by atoms with Crippen LogP contribution in [0.2, 0.25) is 0 Å². The van der Waals surface area contributed by atoms with Crippen LogP contribution in [0.5, 0.6) is 0 Å². The summed E-state index contributed by atoms with van der Waals surface area (Å²) < 4.78 is 0. The van der Waals surface area contributed by atoms with Gasteiger partial charge in [0.05, 0.1) is 16.8 Å². The van der Waals surface area contributed by atoms with Crippen molar-refractivity contribution in [3.63, 3.8) is 0 Å². The summed E-state index contributed by atoms with van der Waals surface area (Å²) in [6.45, 7) is 0. The number of hydrogen-bond acceptors (Lipinski definition) is 4. The zero-order chi connectivity index (χ0) is 18.8. The first-order valence-electron chi connectivity index (χ1n) is 9.54. The molecular formula is C22H24N4O. The molecule has 1 unspecified atom stereocenters. The van der Waals surface area contributed by atoms with Gasteiger partial charge in [-0.2, -0.15) is 0 Å². The van der Waals surface area contributed by atoms with Gasteiger partial charge in [-0.15, -0.1) is 0 Å². The molecule has 5 nitrogen and oxygen atoms in total. The number of pyridine rings is 2. The van der Waals surface area contributed by atoms with Gasteiger partial charge >= 0.3 is 0 Å². The lowest BCUT2D eigenvalue weighted by Gasteiger charge is -2.27. The Morgan fingerprint density at radius 1 is 1.00 bits per heavy atom. The highest BCUT2D eigenvalue weighted by molar-refractivity contribution is 6.06. The van der Waals surface area contributed by atoms with E-state index < -0.39 is 5.91 Å². The van der Waals surface area contributed by atoms with E-state index in [1.807, 2.05) is 30.3 Å². The van der Waals surface area contributed by atoms with Gasteiger partial charge in [-0.05, 0) is 60.2 Å². The van der Waals surface area contributed by atoms with Crippen LogP contribution in [0.4, 0.5) is 0 Å². The normalized spacial score (nSPS) is 16.3. The molecule has 1 aliphatic rings. The molecule has 4 N–H and O–H groups in total. The van der Waals surface area contributed by atoms with Gasteiger partial charge in [0.2, 0.25) is 5.91 Å². The number of benzene rings is 1. The molecule has 0 saturated heterocycles. The van der Waals surface area contributed by atoms with Gasteiger partial charge in [0.1, 0.15) is 0 Å². The Morgan fingerprint density at radius 2 is 1.74 bits per heavy atom. The standard InChI is InChI=1S/C22H24N4O/c23-21(15-4-2-1-3-5-15)20-13-18(22(24)27)17-12-16(6-7-19(17)26-20)14-8-10-25-11-9-14/h6-13,15,21H,1-5,23H2,(H2,24,27). The van der Waals surface area contributed by atoms with Gasteiger partial charge in [-0.25, -0.2) is 0 Å². The fraction of sp³-hybridized carbons (Fsp3) is 0.318. The van der Waals surface area contributed by atoms with E-state index in [9.17, 15) is 4.79 Å². The molecule has 0 bridgehead atoms. The van der Waals surface area contributed by atoms with E-state index >= 15 is 0 Å². The fourth-order valence-corrected chi connectivity index (χ4v) is 4.08. The smallest absolute Gasteiger partial charge is 0.249 e. The average Bonchev–Trinajstić information content (AvgIpc) is 2.73. The predicted molar refractivity (Wildman–Crippen MR) is 107 cm³/mol. The zero-order valence-electron chi connectivity index (χ0n) is 15.3. The third kappa shape index (κ3) is 3.55. The zero-order valence-corrected chi connectivity index (χ0v) is 15.3. The Morgan fingerprint density at radius 3 is 2.44 bits per heavy atom. The largest absolute Gasteiger partial charge is 0.366 e. The van der Waals surface area contributed by atoms with Crippen molar-refractivity contribution in [2.45, 2.75) is 38.1 Å². The lowest BCUT2D eigenvalue weighted by Crippen LogP contribution is -2.25. The molecule has 5 heteroatoms. The van der Waals surface area contributed by atoms with Crippen molar-refractivity contribution < 1.29 is 4.79 Å². The molecule has 0 radical (unpaired) electrons. The third-order valence-corrected chi connectivity index (χ3v) is 5.61. The highest BCUT2D eigenvalue weighted by Crippen LogP contribution is 2.34. The summed E-state index contributed by atoms with van der Waals surface area (Å²) in [5.41, 5.74) is 16.3. The Kier molecular flexibility index (Phi) is 4.86. The first-order valence-corrected chi connectivity index (χ1v) is 9.54. The summed E-state index contributed by atoms with van der Waals surface area (Å²) >= 11 is 0. The number of rotatable bonds is 4. The molecule has 1 atom stereocenters. The van der Waals surface area contributed by atoms with E-state index in [4.69, 9.17) is 16.5 Å². The molecule has 2 heterocycles. The Hall–Kier alpha value is -2.79. The molecule has 4 rings (SSSR count). The van der Waals surface area contributed by atoms with Crippen molar-refractivity contribution in [2.24, 2.45) is 17.4 Å². The van der Waals surface area contributed by atoms with E-state index in [1.54, 1.807) is 18.5 Å². The molecule has 2 aromatic heterocycles. The van der Waals surface area contributed by atoms with Gasteiger partial charge in [-0.1, -0.05) is 25.3 Å². The van der Waals surface area contributed by atoms with Gasteiger partial charge in [0.25, 0.3) is 0 Å². The maximum Gasteiger partial charge on any atom is 0.249 e. The maximum atomic E-state index is 12.2. The summed E-state index contributed by atoms with van der Waals surface area (Å²) in [4.78, 5) is 21.0. The van der Waals surface area contributed by atoms with E-state index in [0.29, 0.717) is 11.5 Å². The number of fused-ring (bicyclic) bond motifs is 1. The Balaban J connectivity index is 1.79. The number of nitrogens with two attached hydrogens (primary N) is 2. The number of carbonyl (C=O) groups is 1. The third-order valence-electron chi connectivity index (χ3n) is 5.61. The van der Waals surface area contributed by atoms with Crippen molar-refractivity contribution in [3.8, 4) is 11.1 Å². The Bertz CT molecular complexity index is 965. The van der Waals surface area contributed by atoms with Crippen molar-refractivity contribution >= 4 is 16.8 Å². The number of primary amides is 1. The van der Waals surface area contributed by atoms with Gasteiger partial charge in [-0.3, -0.25) is 14.8 Å². The van der Waals surface area contributed by atoms with Crippen molar-refractivity contribution in [1.29, 1.82) is 0 Å². The quantitative estimate of drug-likeness (QED) is 0.736. The molecule has 1 saturated carbocycles. The van der Waals surface area contributed by atoms with Crippen LogP contribution in [0.25, 0.3) is 22.0 Å². The van der Waals surface area contributed by atoms with E-state index in [-0.39, 0.29) is 6.04 Å². The molecule has 27 heavy (non-hydrogen) atoms. The molecule has 3 aromatic rings. The predicted octanol–water partition coefficient (Wildman–Crippen LogP) is 3.98. The lowest BCUT2D eigenvalue weighted by atomic mass is 9.82. The summed E-state index contributed by atoms with van der Waals surface area (Å²) in [6.07, 6.45) is 9.44. The molecule has 1 aliphatic carbocycles. The van der Waals surface area contributed by atoms with E-state index in [1.165, 1.54) is 19.3 Å². The summed E-state index contributed by atoms with van der Waals surface area (Å²) in [5.74, 6) is -0.0353. The summed E-state index contributed by atoms with van der Waals surface area (Å²) in [5, 5.41) is 0.761. The Labute approximate surface area is 158 Å². The van der Waals surface area contributed by atoms with Crippen LogP contribution in [0.15, 0.2) is 48.8 Å². The second kappa shape index (κ2) is 7.45. The minimum Gasteiger partial charge on any atom is -0.366 e. The van der Waals surface area contributed by atoms with Crippen molar-refractivity contribution in [3.05, 3.63) is 60.0 Å². The molecule has 1 fully saturated rings. The highest BCUT2D eigenvalue weighted by Gasteiger charge is 2.24. The highest BCUT2D eigenvalue weighted by atomic mass is 16.1. The molecule has 1 aromatic carbocycles. The minimum atomic E-state index is -0.452. The minimum absolute atomic E-state index is 0.160. The van der Waals surface area contributed by atoms with E-state index in [2.05, 4.69) is 4.98 Å². The second-order valence-corrected chi connectivity index (χ2v) is 7.35. The van der Waals surface area contributed by atoms with Crippen LogP contribution in [0.1, 0.15) is 54.2 Å². The number of nitrogens with zero attached hydrogens (tertiary/aromatic N) is 2. The monoisotopic (exact) mass is 360 g/mol. The first-order chi connectivity index (χ1) is 13.1. The van der Waals surface area contributed by atoms with Crippen LogP contribution < -0.4 is 11.5 Å². The van der Waals surface area contributed by atoms with Crippen LogP contribution >= 0.6 is 0 Å². The van der Waals surface area contributed by atoms with Crippen LogP contribution in [0, 0.1) is 5.92 Å². The first kappa shape index (κ1) is 17.6. The second-order valence-electron chi connectivity index (χ2n) is 7.35. The number of hydrogen-bond donors (Lipinski definition) is 2. The number of carbonyl (C=O) groups excluding carboxylic acids is 1. The molecule has 1 amide bonds. The topological polar surface area (TPSA) is 94.9 Å². The average molecular weight is 360 g/mol. The SMILES string of the molecule is NC(=O)c1cc(C(N)C2CCCCC2)nc2ccc(-c3ccncc3)cc12. The van der Waals surface area contributed by atoms with Gasteiger partial charge in [0.15, 0.2) is 0 Å². The number of aromatic nitrogens is 2. The van der Waals surface area contributed by atoms with Gasteiger partial charge in [0, 0.05) is 23.8 Å². The lowest BCUT2D eigenvalue weighted by molar-refractivity contribution is 0.100. The van der Waals surface area contributed by atoms with E-state index in [0.717, 1.165) is 40.6 Å². The molecule has 0 spiro atoms. The van der Waals surface area contributed by atoms with Crippen molar-refractivity contribution in [1.82, 2.24) is 9.97 Å². The fourth-order valence-electron chi connectivity index (χ4n) is 4.08. The molecule has 0 aliphatic heterocycles. The molecule has 138 valence electrons. The summed E-state index contributed by atoms with van der Waals surface area (Å²) in [7, 11) is 0. The summed E-state index contributed by atoms with van der Waals surface area (Å²) in [6, 6.07) is 11.4.